The van der Waals surface area contributed by atoms with Gasteiger partial charge in [-0.3, -0.25) is 9.59 Å². The number of esters is 1. The summed E-state index contributed by atoms with van der Waals surface area (Å²) >= 11 is 0. The van der Waals surface area contributed by atoms with Crippen molar-refractivity contribution in [2.24, 2.45) is 0 Å². The van der Waals surface area contributed by atoms with Crippen LogP contribution in [0, 0.1) is 0 Å². The smallest absolute Gasteiger partial charge is 0.306 e. The highest BCUT2D eigenvalue weighted by Gasteiger charge is 2.24. The highest BCUT2D eigenvalue weighted by molar-refractivity contribution is 5.77. The van der Waals surface area contributed by atoms with Gasteiger partial charge in [0.05, 0.1) is 25.2 Å². The number of aliphatic hydroxyl groups excluding tert-OH is 2. The lowest BCUT2D eigenvalue weighted by Gasteiger charge is -2.24. The second-order valence-corrected chi connectivity index (χ2v) is 17.7. The Labute approximate surface area is 389 Å². The number of hydrogen-bond acceptors (Lipinski definition) is 5. The Kier molecular flexibility index (Phi) is 47.7. The van der Waals surface area contributed by atoms with Gasteiger partial charge in [-0.15, -0.1) is 0 Å². The van der Waals surface area contributed by atoms with Gasteiger partial charge in [-0.25, -0.2) is 0 Å². The number of unbranched alkanes of at least 4 members (excludes halogenated alkanes) is 23. The molecule has 0 aliphatic rings. The molecule has 0 radical (unpaired) electrons. The summed E-state index contributed by atoms with van der Waals surface area (Å²) in [5.74, 6) is -0.532. The zero-order chi connectivity index (χ0) is 45.9. The van der Waals surface area contributed by atoms with Gasteiger partial charge < -0.3 is 20.3 Å². The predicted octanol–water partition coefficient (Wildman–Crippen LogP) is 16.0. The summed E-state index contributed by atoms with van der Waals surface area (Å²) in [4.78, 5) is 26.1. The van der Waals surface area contributed by atoms with Crippen molar-refractivity contribution in [3.8, 4) is 0 Å². The van der Waals surface area contributed by atoms with Gasteiger partial charge in [-0.2, -0.15) is 0 Å². The van der Waals surface area contributed by atoms with Gasteiger partial charge in [0.1, 0.15) is 6.10 Å². The first-order valence-electron chi connectivity index (χ1n) is 26.4. The lowest BCUT2D eigenvalue weighted by atomic mass is 10.0. The lowest BCUT2D eigenvalue weighted by Crippen LogP contribution is -2.46. The maximum absolute atomic E-state index is 13.2. The van der Waals surface area contributed by atoms with Gasteiger partial charge in [0.25, 0.3) is 0 Å². The number of hydrogen-bond donors (Lipinski definition) is 3. The largest absolute Gasteiger partial charge is 0.462 e. The molecule has 1 amide bonds. The Morgan fingerprint density at radius 3 is 1.41 bits per heavy atom. The highest BCUT2D eigenvalue weighted by Crippen LogP contribution is 2.17. The monoisotopic (exact) mass is 878 g/mol. The topological polar surface area (TPSA) is 95.9 Å². The van der Waals surface area contributed by atoms with Crippen LogP contribution in [0.15, 0.2) is 85.1 Å². The fourth-order valence-electron chi connectivity index (χ4n) is 7.51. The molecule has 3 N–H and O–H groups in total. The Bertz CT molecular complexity index is 1210. The molecule has 0 spiro atoms. The third-order valence-corrected chi connectivity index (χ3v) is 11.5. The maximum Gasteiger partial charge on any atom is 0.306 e. The van der Waals surface area contributed by atoms with Crippen molar-refractivity contribution in [1.82, 2.24) is 5.32 Å². The van der Waals surface area contributed by atoms with E-state index in [1.54, 1.807) is 0 Å². The summed E-state index contributed by atoms with van der Waals surface area (Å²) in [6.07, 6.45) is 65.0. The van der Waals surface area contributed by atoms with Crippen LogP contribution in [0.5, 0.6) is 0 Å². The molecule has 0 aromatic rings. The molecule has 3 unspecified atom stereocenters. The minimum atomic E-state index is -0.804. The predicted molar refractivity (Wildman–Crippen MR) is 273 cm³/mol. The van der Waals surface area contributed by atoms with E-state index < -0.39 is 18.2 Å². The Morgan fingerprint density at radius 2 is 0.873 bits per heavy atom. The van der Waals surface area contributed by atoms with Crippen LogP contribution in [0.1, 0.15) is 239 Å². The SMILES string of the molecule is CCCCC/C=C\C/C=C\C/C=C\CCCCCCCCC(=O)OC(CCCCC/C=C/C=C/C=C/C=C/CCCCC)CC(=O)NC(CO)C(O)CCCCCCCCCCC. The van der Waals surface area contributed by atoms with Gasteiger partial charge in [-0.05, 0) is 89.9 Å². The van der Waals surface area contributed by atoms with Crippen LogP contribution in [0.25, 0.3) is 0 Å². The molecule has 0 rings (SSSR count). The number of carbonyl (C=O) groups excluding carboxylic acids is 2. The van der Waals surface area contributed by atoms with Crippen LogP contribution < -0.4 is 5.32 Å². The third kappa shape index (κ3) is 45.4. The van der Waals surface area contributed by atoms with Crippen molar-refractivity contribution in [2.45, 2.75) is 257 Å². The molecule has 0 saturated carbocycles. The van der Waals surface area contributed by atoms with E-state index in [1.165, 1.54) is 103 Å². The van der Waals surface area contributed by atoms with Crippen LogP contribution in [-0.4, -0.2) is 46.9 Å². The van der Waals surface area contributed by atoms with Gasteiger partial charge in [-0.1, -0.05) is 221 Å². The molecule has 6 nitrogen and oxygen atoms in total. The zero-order valence-corrected chi connectivity index (χ0v) is 41.2. The number of amides is 1. The van der Waals surface area contributed by atoms with Crippen LogP contribution in [0.2, 0.25) is 0 Å². The van der Waals surface area contributed by atoms with Crippen LogP contribution in [-0.2, 0) is 14.3 Å². The van der Waals surface area contributed by atoms with Crippen molar-refractivity contribution in [1.29, 1.82) is 0 Å². The minimum absolute atomic E-state index is 0.0421. The van der Waals surface area contributed by atoms with Crippen molar-refractivity contribution < 1.29 is 24.5 Å². The number of nitrogens with one attached hydrogen (secondary N) is 1. The molecule has 0 aromatic heterocycles. The molecule has 0 heterocycles. The molecule has 0 fully saturated rings. The number of allylic oxidation sites excluding steroid dienone is 14. The second-order valence-electron chi connectivity index (χ2n) is 17.7. The van der Waals surface area contributed by atoms with E-state index in [-0.39, 0.29) is 24.9 Å². The van der Waals surface area contributed by atoms with E-state index in [0.29, 0.717) is 19.3 Å². The summed E-state index contributed by atoms with van der Waals surface area (Å²) in [6.45, 7) is 6.38. The van der Waals surface area contributed by atoms with E-state index in [1.807, 2.05) is 6.08 Å². The lowest BCUT2D eigenvalue weighted by molar-refractivity contribution is -0.151. The van der Waals surface area contributed by atoms with E-state index in [4.69, 9.17) is 4.74 Å². The molecule has 362 valence electrons. The first kappa shape index (κ1) is 60.0. The number of carbonyl (C=O) groups is 2. The van der Waals surface area contributed by atoms with Crippen LogP contribution in [0.4, 0.5) is 0 Å². The molecule has 3 atom stereocenters. The van der Waals surface area contributed by atoms with E-state index in [9.17, 15) is 19.8 Å². The second kappa shape index (κ2) is 50.0. The van der Waals surface area contributed by atoms with Crippen molar-refractivity contribution >= 4 is 11.9 Å². The highest BCUT2D eigenvalue weighted by atomic mass is 16.5. The van der Waals surface area contributed by atoms with Crippen molar-refractivity contribution in [3.63, 3.8) is 0 Å². The molecule has 0 aliphatic heterocycles. The van der Waals surface area contributed by atoms with Crippen LogP contribution >= 0.6 is 0 Å². The summed E-state index contributed by atoms with van der Waals surface area (Å²) in [5.41, 5.74) is 0. The third-order valence-electron chi connectivity index (χ3n) is 11.5. The Morgan fingerprint density at radius 1 is 0.476 bits per heavy atom. The fraction of sp³-hybridized carbons (Fsp3) is 0.719. The number of rotatable bonds is 46. The average molecular weight is 878 g/mol. The van der Waals surface area contributed by atoms with Gasteiger partial charge in [0.15, 0.2) is 0 Å². The molecular weight excluding hydrogens is 779 g/mol. The molecule has 0 bridgehead atoms. The zero-order valence-electron chi connectivity index (χ0n) is 41.2. The van der Waals surface area contributed by atoms with Gasteiger partial charge in [0.2, 0.25) is 5.91 Å². The minimum Gasteiger partial charge on any atom is -0.462 e. The first-order valence-corrected chi connectivity index (χ1v) is 26.4. The van der Waals surface area contributed by atoms with Crippen molar-refractivity contribution in [3.05, 3.63) is 85.1 Å². The summed E-state index contributed by atoms with van der Waals surface area (Å²) in [6, 6.07) is -0.721. The standard InChI is InChI=1S/C57H99NO5/c1-4-7-10-13-16-19-21-23-25-27-28-29-31-33-35-38-41-44-47-50-57(62)63-53(48-45-42-39-37-34-32-30-26-24-22-20-17-14-11-8-5-2)51-56(61)58-54(52-59)55(60)49-46-43-40-36-18-15-12-9-6-3/h16-17,19-20,22-26,28-30,32,34,53-55,59-60H,4-15,18,21,27,31,33,35-52H2,1-3H3,(H,58,61)/b19-16-,20-17+,24-22+,25-23-,29-28-,30-26+,34-32+. The van der Waals surface area contributed by atoms with Crippen molar-refractivity contribution in [2.75, 3.05) is 6.61 Å². The average Bonchev–Trinajstić information content (AvgIpc) is 3.28. The Balaban J connectivity index is 4.68. The summed E-state index contributed by atoms with van der Waals surface area (Å²) < 4.78 is 5.92. The molecule has 63 heavy (non-hydrogen) atoms. The molecule has 0 saturated heterocycles. The molecular formula is C57H99NO5. The van der Waals surface area contributed by atoms with Crippen LogP contribution in [0.3, 0.4) is 0 Å². The molecule has 0 aliphatic carbocycles. The van der Waals surface area contributed by atoms with E-state index in [0.717, 1.165) is 89.9 Å². The first-order chi connectivity index (χ1) is 31.0. The maximum atomic E-state index is 13.2. The fourth-order valence-corrected chi connectivity index (χ4v) is 7.51. The van der Waals surface area contributed by atoms with Gasteiger partial charge in [0, 0.05) is 6.42 Å². The van der Waals surface area contributed by atoms with E-state index in [2.05, 4.69) is 105 Å². The number of ether oxygens (including phenoxy) is 1. The summed E-state index contributed by atoms with van der Waals surface area (Å²) in [5, 5.41) is 23.7. The normalized spacial score (nSPS) is 13.9. The Hall–Kier alpha value is -2.96. The molecule has 6 heteroatoms. The molecule has 0 aromatic carbocycles. The quantitative estimate of drug-likeness (QED) is 0.0245. The number of aliphatic hydroxyl groups is 2. The van der Waals surface area contributed by atoms with E-state index >= 15 is 0 Å². The summed E-state index contributed by atoms with van der Waals surface area (Å²) in [7, 11) is 0. The van der Waals surface area contributed by atoms with Gasteiger partial charge >= 0.3 is 5.97 Å².